The van der Waals surface area contributed by atoms with Crippen molar-refractivity contribution in [3.8, 4) is 0 Å². The number of nitrogens with zero attached hydrogens (tertiary/aromatic N) is 1. The number of carbonyl (C=O) groups excluding carboxylic acids is 1. The molecule has 8 nitrogen and oxygen atoms in total. The van der Waals surface area contributed by atoms with Crippen molar-refractivity contribution in [3.63, 3.8) is 0 Å². The van der Waals surface area contributed by atoms with Gasteiger partial charge in [-0.25, -0.2) is 14.4 Å². The van der Waals surface area contributed by atoms with Crippen molar-refractivity contribution >= 4 is 18.2 Å². The Balaban J connectivity index is 2.76. The third kappa shape index (κ3) is 4.31. The highest BCUT2D eigenvalue weighted by molar-refractivity contribution is 5.81. The fourth-order valence-corrected chi connectivity index (χ4v) is 1.78. The topological polar surface area (TPSA) is 113 Å². The van der Waals surface area contributed by atoms with Gasteiger partial charge in [-0.05, 0) is 20.8 Å². The molecule has 1 aliphatic rings. The van der Waals surface area contributed by atoms with Gasteiger partial charge in [0.15, 0.2) is 0 Å². The van der Waals surface area contributed by atoms with E-state index in [9.17, 15) is 14.4 Å². The lowest BCUT2D eigenvalue weighted by atomic mass is 10.2. The molecule has 19 heavy (non-hydrogen) atoms. The van der Waals surface area contributed by atoms with E-state index in [0.29, 0.717) is 0 Å². The maximum absolute atomic E-state index is 11.8. The van der Waals surface area contributed by atoms with Crippen LogP contribution < -0.4 is 0 Å². The van der Waals surface area contributed by atoms with Crippen LogP contribution in [0, 0.1) is 0 Å². The Morgan fingerprint density at radius 2 is 1.79 bits per heavy atom. The Kier molecular flexibility index (Phi) is 4.23. The molecule has 1 fully saturated rings. The average Bonchev–Trinajstić information content (AvgIpc) is 2.57. The average molecular weight is 275 g/mol. The van der Waals surface area contributed by atoms with Crippen LogP contribution >= 0.6 is 0 Å². The first-order chi connectivity index (χ1) is 8.60. The van der Waals surface area contributed by atoms with Gasteiger partial charge in [-0.1, -0.05) is 0 Å². The van der Waals surface area contributed by atoms with Crippen molar-refractivity contribution in [1.29, 1.82) is 0 Å². The number of ether oxygens (including phenoxy) is 2. The van der Waals surface area contributed by atoms with Crippen LogP contribution in [0.15, 0.2) is 0 Å². The number of carboxylic acid groups (broad SMARTS) is 2. The van der Waals surface area contributed by atoms with Gasteiger partial charge in [-0.15, -0.1) is 0 Å². The molecule has 0 saturated carbocycles. The van der Waals surface area contributed by atoms with E-state index in [1.165, 1.54) is 0 Å². The summed E-state index contributed by atoms with van der Waals surface area (Å²) in [6, 6.07) is -1.14. The van der Waals surface area contributed by atoms with Crippen molar-refractivity contribution in [2.24, 2.45) is 0 Å². The quantitative estimate of drug-likeness (QED) is 0.726. The molecule has 1 aliphatic heterocycles. The van der Waals surface area contributed by atoms with Gasteiger partial charge in [-0.2, -0.15) is 0 Å². The summed E-state index contributed by atoms with van der Waals surface area (Å²) in [6.07, 6.45) is -3.23. The molecule has 1 rings (SSSR count). The summed E-state index contributed by atoms with van der Waals surface area (Å²) in [6.45, 7) is 4.84. The molecule has 2 atom stereocenters. The summed E-state index contributed by atoms with van der Waals surface area (Å²) in [5.74, 6) is -1.22. The molecule has 8 heteroatoms. The van der Waals surface area contributed by atoms with Gasteiger partial charge in [0.25, 0.3) is 0 Å². The van der Waals surface area contributed by atoms with Crippen LogP contribution in [0.2, 0.25) is 0 Å². The van der Waals surface area contributed by atoms with Crippen molar-refractivity contribution in [2.75, 3.05) is 6.54 Å². The molecular weight excluding hydrogens is 258 g/mol. The molecule has 0 bridgehead atoms. The Bertz CT molecular complexity index is 387. The highest BCUT2D eigenvalue weighted by Crippen LogP contribution is 2.23. The minimum absolute atomic E-state index is 0.0825. The Morgan fingerprint density at radius 3 is 2.21 bits per heavy atom. The van der Waals surface area contributed by atoms with Crippen LogP contribution in [0.25, 0.3) is 0 Å². The molecular formula is C11H17NO7. The van der Waals surface area contributed by atoms with E-state index >= 15 is 0 Å². The van der Waals surface area contributed by atoms with Gasteiger partial charge in [0.2, 0.25) is 0 Å². The minimum Gasteiger partial charge on any atom is -0.480 e. The number of carboxylic acids is 1. The van der Waals surface area contributed by atoms with Crippen LogP contribution in [-0.4, -0.2) is 57.6 Å². The van der Waals surface area contributed by atoms with Crippen molar-refractivity contribution in [3.05, 3.63) is 0 Å². The molecule has 0 aromatic rings. The molecule has 0 unspecified atom stereocenters. The summed E-state index contributed by atoms with van der Waals surface area (Å²) in [4.78, 5) is 34.3. The number of carbonyl (C=O) groups is 3. The third-order valence-electron chi connectivity index (χ3n) is 2.44. The fourth-order valence-electron chi connectivity index (χ4n) is 1.78. The standard InChI is InChI=1S/C11H17NO7/c1-11(2,3)19-9(15)12-5-6(18-10(16)17)4-7(12)8(13)14/h6-7H,4-5H2,1-3H3,(H,13,14)(H,16,17)/t6-,7+/m1/s1. The number of rotatable bonds is 2. The SMILES string of the molecule is CC(C)(C)OC(=O)N1C[C@H](OC(=O)O)C[C@H]1C(=O)O. The van der Waals surface area contributed by atoms with Crippen molar-refractivity contribution in [2.45, 2.75) is 44.9 Å². The molecule has 1 saturated heterocycles. The molecule has 0 aliphatic carbocycles. The lowest BCUT2D eigenvalue weighted by Gasteiger charge is -2.26. The van der Waals surface area contributed by atoms with Crippen molar-refractivity contribution in [1.82, 2.24) is 4.90 Å². The highest BCUT2D eigenvalue weighted by Gasteiger charge is 2.43. The smallest absolute Gasteiger partial charge is 0.480 e. The highest BCUT2D eigenvalue weighted by atomic mass is 16.7. The minimum atomic E-state index is -1.50. The summed E-state index contributed by atoms with van der Waals surface area (Å²) in [5, 5.41) is 17.5. The predicted octanol–water partition coefficient (Wildman–Crippen LogP) is 1.14. The second-order valence-electron chi connectivity index (χ2n) is 5.23. The molecule has 0 aromatic carbocycles. The lowest BCUT2D eigenvalue weighted by molar-refractivity contribution is -0.142. The summed E-state index contributed by atoms with van der Waals surface area (Å²) in [5.41, 5.74) is -0.758. The largest absolute Gasteiger partial charge is 0.506 e. The maximum atomic E-state index is 11.8. The van der Waals surface area contributed by atoms with Crippen LogP contribution in [-0.2, 0) is 14.3 Å². The van der Waals surface area contributed by atoms with Gasteiger partial charge in [0.1, 0.15) is 17.7 Å². The zero-order valence-electron chi connectivity index (χ0n) is 11.0. The van der Waals surface area contributed by atoms with Gasteiger partial charge >= 0.3 is 18.2 Å². The van der Waals surface area contributed by atoms with Crippen molar-refractivity contribution < 1.29 is 34.1 Å². The Morgan fingerprint density at radius 1 is 1.21 bits per heavy atom. The number of hydrogen-bond acceptors (Lipinski definition) is 5. The summed E-state index contributed by atoms with van der Waals surface area (Å²) >= 11 is 0. The first-order valence-electron chi connectivity index (χ1n) is 5.72. The van der Waals surface area contributed by atoms with E-state index in [4.69, 9.17) is 14.9 Å². The molecule has 0 aromatic heterocycles. The zero-order chi connectivity index (χ0) is 14.8. The second-order valence-corrected chi connectivity index (χ2v) is 5.23. The predicted molar refractivity (Wildman–Crippen MR) is 61.9 cm³/mol. The van der Waals surface area contributed by atoms with E-state index < -0.39 is 36.0 Å². The first kappa shape index (κ1) is 15.1. The van der Waals surface area contributed by atoms with E-state index in [2.05, 4.69) is 4.74 Å². The summed E-state index contributed by atoms with van der Waals surface area (Å²) < 4.78 is 9.58. The molecule has 0 radical (unpaired) electrons. The monoisotopic (exact) mass is 275 g/mol. The maximum Gasteiger partial charge on any atom is 0.506 e. The zero-order valence-corrected chi connectivity index (χ0v) is 11.0. The van der Waals surface area contributed by atoms with Crippen LogP contribution in [0.4, 0.5) is 9.59 Å². The van der Waals surface area contributed by atoms with E-state index in [1.54, 1.807) is 20.8 Å². The fraction of sp³-hybridized carbons (Fsp3) is 0.727. The first-order valence-corrected chi connectivity index (χ1v) is 5.72. The lowest BCUT2D eigenvalue weighted by Crippen LogP contribution is -2.43. The number of aliphatic carboxylic acids is 1. The van der Waals surface area contributed by atoms with Gasteiger partial charge in [0.05, 0.1) is 6.54 Å². The number of amides is 1. The molecule has 108 valence electrons. The van der Waals surface area contributed by atoms with Crippen LogP contribution in [0.3, 0.4) is 0 Å². The van der Waals surface area contributed by atoms with Gasteiger partial charge in [-0.3, -0.25) is 4.90 Å². The van der Waals surface area contributed by atoms with E-state index in [1.807, 2.05) is 0 Å². The van der Waals surface area contributed by atoms with Crippen LogP contribution in [0.1, 0.15) is 27.2 Å². The third-order valence-corrected chi connectivity index (χ3v) is 2.44. The second kappa shape index (κ2) is 5.33. The molecule has 1 amide bonds. The Labute approximate surface area is 109 Å². The molecule has 0 spiro atoms. The molecule has 2 N–H and O–H groups in total. The van der Waals surface area contributed by atoms with E-state index in [-0.39, 0.29) is 13.0 Å². The van der Waals surface area contributed by atoms with Gasteiger partial charge < -0.3 is 19.7 Å². The van der Waals surface area contributed by atoms with Gasteiger partial charge in [0, 0.05) is 6.42 Å². The normalized spacial score (nSPS) is 23.0. The molecule has 1 heterocycles. The van der Waals surface area contributed by atoms with E-state index in [0.717, 1.165) is 4.90 Å². The number of likely N-dealkylation sites (tertiary alicyclic amines) is 1. The van der Waals surface area contributed by atoms with Crippen LogP contribution in [0.5, 0.6) is 0 Å². The number of hydrogen-bond donors (Lipinski definition) is 2. The summed E-state index contributed by atoms with van der Waals surface area (Å²) in [7, 11) is 0. The Hall–Kier alpha value is -1.99.